The molecule has 1 rings (SSSR count). The zero-order valence-electron chi connectivity index (χ0n) is 8.71. The molecule has 0 fully saturated rings. The summed E-state index contributed by atoms with van der Waals surface area (Å²) in [5, 5.41) is 2.09. The van der Waals surface area contributed by atoms with Gasteiger partial charge in [-0.15, -0.1) is 11.3 Å². The van der Waals surface area contributed by atoms with E-state index in [2.05, 4.69) is 38.3 Å². The maximum Gasteiger partial charge on any atom is 0.0389 e. The molecule has 1 aromatic heterocycles. The van der Waals surface area contributed by atoms with Crippen LogP contribution in [-0.4, -0.2) is 0 Å². The minimum atomic E-state index is 0.235. The zero-order valence-corrected chi connectivity index (χ0v) is 9.53. The van der Waals surface area contributed by atoms with Crippen LogP contribution in [-0.2, 0) is 0 Å². The van der Waals surface area contributed by atoms with Crippen LogP contribution in [0.1, 0.15) is 44.5 Å². The van der Waals surface area contributed by atoms with E-state index in [1.165, 1.54) is 11.3 Å². The fourth-order valence-corrected chi connectivity index (χ4v) is 2.00. The smallest absolute Gasteiger partial charge is 0.0389 e. The fraction of sp³-hybridized carbons (Fsp3) is 0.636. The van der Waals surface area contributed by atoms with Crippen LogP contribution < -0.4 is 5.73 Å². The summed E-state index contributed by atoms with van der Waals surface area (Å²) in [5.41, 5.74) is 6.45. The van der Waals surface area contributed by atoms with Crippen molar-refractivity contribution >= 4 is 11.3 Å². The number of hydrogen-bond donors (Lipinski definition) is 1. The topological polar surface area (TPSA) is 26.0 Å². The highest BCUT2D eigenvalue weighted by atomic mass is 32.1. The predicted molar refractivity (Wildman–Crippen MR) is 59.9 cm³/mol. The predicted octanol–water partition coefficient (Wildman–Crippen LogP) is 3.57. The van der Waals surface area contributed by atoms with Crippen LogP contribution >= 0.6 is 11.3 Å². The lowest BCUT2D eigenvalue weighted by Crippen LogP contribution is -2.13. The van der Waals surface area contributed by atoms with Gasteiger partial charge in [0.2, 0.25) is 0 Å². The summed E-state index contributed by atoms with van der Waals surface area (Å²) in [4.78, 5) is 1.31. The molecule has 2 N–H and O–H groups in total. The first-order valence-electron chi connectivity index (χ1n) is 4.78. The van der Waals surface area contributed by atoms with Crippen molar-refractivity contribution in [1.29, 1.82) is 0 Å². The van der Waals surface area contributed by atoms with Crippen LogP contribution in [0.2, 0.25) is 0 Å². The number of nitrogens with two attached hydrogens (primary N) is 1. The number of rotatable bonds is 3. The van der Waals surface area contributed by atoms with Crippen molar-refractivity contribution in [2.75, 3.05) is 0 Å². The third-order valence-corrected chi connectivity index (χ3v) is 3.12. The molecule has 13 heavy (non-hydrogen) atoms. The van der Waals surface area contributed by atoms with Crippen molar-refractivity contribution in [3.05, 3.63) is 22.4 Å². The first-order chi connectivity index (χ1) is 5.99. The van der Waals surface area contributed by atoms with Gasteiger partial charge in [-0.25, -0.2) is 0 Å². The Morgan fingerprint density at radius 1 is 1.46 bits per heavy atom. The molecule has 1 heterocycles. The molecular formula is C11H19NS. The average molecular weight is 197 g/mol. The summed E-state index contributed by atoms with van der Waals surface area (Å²) in [6.45, 7) is 6.77. The van der Waals surface area contributed by atoms with E-state index in [-0.39, 0.29) is 6.04 Å². The van der Waals surface area contributed by atoms with Crippen LogP contribution in [0.3, 0.4) is 0 Å². The van der Waals surface area contributed by atoms with Crippen LogP contribution in [0, 0.1) is 5.41 Å². The van der Waals surface area contributed by atoms with Gasteiger partial charge in [0.05, 0.1) is 0 Å². The van der Waals surface area contributed by atoms with E-state index in [1.54, 1.807) is 11.3 Å². The third-order valence-electron chi connectivity index (χ3n) is 2.11. The molecule has 1 unspecified atom stereocenters. The Morgan fingerprint density at radius 3 is 2.62 bits per heavy atom. The molecular weight excluding hydrogens is 178 g/mol. The van der Waals surface area contributed by atoms with E-state index >= 15 is 0 Å². The molecule has 0 saturated carbocycles. The monoisotopic (exact) mass is 197 g/mol. The highest BCUT2D eigenvalue weighted by molar-refractivity contribution is 7.10. The molecule has 1 atom stereocenters. The molecule has 1 aromatic rings. The van der Waals surface area contributed by atoms with Crippen LogP contribution in [0.15, 0.2) is 17.5 Å². The number of hydrogen-bond acceptors (Lipinski definition) is 2. The van der Waals surface area contributed by atoms with E-state index in [9.17, 15) is 0 Å². The Kier molecular flexibility index (Phi) is 3.51. The van der Waals surface area contributed by atoms with Crippen molar-refractivity contribution in [3.63, 3.8) is 0 Å². The Bertz CT molecular complexity index is 233. The Labute approximate surface area is 85.0 Å². The average Bonchev–Trinajstić information content (AvgIpc) is 2.50. The summed E-state index contributed by atoms with van der Waals surface area (Å²) >= 11 is 1.76. The Hall–Kier alpha value is -0.340. The lowest BCUT2D eigenvalue weighted by atomic mass is 9.88. The second kappa shape index (κ2) is 4.25. The van der Waals surface area contributed by atoms with Gasteiger partial charge in [-0.3, -0.25) is 0 Å². The minimum Gasteiger partial charge on any atom is -0.323 e. The molecule has 0 aliphatic rings. The molecule has 0 spiro atoms. The van der Waals surface area contributed by atoms with Crippen molar-refractivity contribution in [2.24, 2.45) is 11.1 Å². The number of thiophene rings is 1. The highest BCUT2D eigenvalue weighted by Gasteiger charge is 2.14. The molecule has 0 bridgehead atoms. The van der Waals surface area contributed by atoms with Crippen molar-refractivity contribution in [3.8, 4) is 0 Å². The summed E-state index contributed by atoms with van der Waals surface area (Å²) in [6, 6.07) is 4.42. The fourth-order valence-electron chi connectivity index (χ4n) is 1.23. The molecule has 2 heteroatoms. The summed E-state index contributed by atoms with van der Waals surface area (Å²) in [5.74, 6) is 0. The largest absolute Gasteiger partial charge is 0.323 e. The first kappa shape index (κ1) is 10.7. The first-order valence-corrected chi connectivity index (χ1v) is 5.66. The maximum atomic E-state index is 6.06. The van der Waals surface area contributed by atoms with E-state index in [0.29, 0.717) is 5.41 Å². The van der Waals surface area contributed by atoms with Gasteiger partial charge in [-0.1, -0.05) is 26.8 Å². The lowest BCUT2D eigenvalue weighted by molar-refractivity contribution is 0.351. The second-order valence-corrected chi connectivity index (χ2v) is 5.70. The van der Waals surface area contributed by atoms with Gasteiger partial charge in [0, 0.05) is 10.9 Å². The minimum absolute atomic E-state index is 0.235. The quantitative estimate of drug-likeness (QED) is 0.787. The van der Waals surface area contributed by atoms with E-state index in [1.807, 2.05) is 0 Å². The van der Waals surface area contributed by atoms with Gasteiger partial charge in [-0.2, -0.15) is 0 Å². The Morgan fingerprint density at radius 2 is 2.15 bits per heavy atom. The van der Waals surface area contributed by atoms with Gasteiger partial charge in [0.15, 0.2) is 0 Å². The van der Waals surface area contributed by atoms with Gasteiger partial charge in [0.1, 0.15) is 0 Å². The highest BCUT2D eigenvalue weighted by Crippen LogP contribution is 2.27. The molecule has 0 saturated heterocycles. The van der Waals surface area contributed by atoms with E-state index in [4.69, 9.17) is 5.73 Å². The molecule has 0 aliphatic carbocycles. The molecule has 74 valence electrons. The molecule has 0 aliphatic heterocycles. The summed E-state index contributed by atoms with van der Waals surface area (Å²) in [7, 11) is 0. The standard InChI is InChI=1S/C11H19NS/c1-11(2,3)7-6-9(12)10-5-4-8-13-10/h4-5,8-9H,6-7,12H2,1-3H3. The third kappa shape index (κ3) is 3.92. The normalized spacial score (nSPS) is 14.5. The SMILES string of the molecule is CC(C)(C)CCC(N)c1cccs1. The van der Waals surface area contributed by atoms with E-state index in [0.717, 1.165) is 6.42 Å². The molecule has 0 amide bonds. The zero-order chi connectivity index (χ0) is 9.90. The summed E-state index contributed by atoms with van der Waals surface area (Å²) in [6.07, 6.45) is 2.27. The van der Waals surface area contributed by atoms with Gasteiger partial charge >= 0.3 is 0 Å². The molecule has 1 nitrogen and oxygen atoms in total. The van der Waals surface area contributed by atoms with Crippen LogP contribution in [0.4, 0.5) is 0 Å². The van der Waals surface area contributed by atoms with E-state index < -0.39 is 0 Å². The van der Waals surface area contributed by atoms with Gasteiger partial charge < -0.3 is 5.73 Å². The molecule has 0 radical (unpaired) electrons. The van der Waals surface area contributed by atoms with Crippen molar-refractivity contribution < 1.29 is 0 Å². The maximum absolute atomic E-state index is 6.06. The Balaban J connectivity index is 2.39. The van der Waals surface area contributed by atoms with Crippen molar-refractivity contribution in [1.82, 2.24) is 0 Å². The van der Waals surface area contributed by atoms with Crippen LogP contribution in [0.25, 0.3) is 0 Å². The van der Waals surface area contributed by atoms with Gasteiger partial charge in [-0.05, 0) is 29.7 Å². The van der Waals surface area contributed by atoms with Crippen molar-refractivity contribution in [2.45, 2.75) is 39.7 Å². The second-order valence-electron chi connectivity index (χ2n) is 4.72. The summed E-state index contributed by atoms with van der Waals surface area (Å²) < 4.78 is 0. The van der Waals surface area contributed by atoms with Crippen LogP contribution in [0.5, 0.6) is 0 Å². The molecule has 0 aromatic carbocycles. The lowest BCUT2D eigenvalue weighted by Gasteiger charge is -2.20. The van der Waals surface area contributed by atoms with Gasteiger partial charge in [0.25, 0.3) is 0 Å².